The minimum Gasteiger partial charge on any atom is -0.378 e. The first kappa shape index (κ1) is 9.05. The predicted molar refractivity (Wildman–Crippen MR) is 47.7 cm³/mol. The Kier molecular flexibility index (Phi) is 3.92. The molecule has 66 valence electrons. The Bertz CT molecular complexity index is 101. The highest BCUT2D eigenvalue weighted by atomic mass is 16.5. The molecule has 0 heterocycles. The molecule has 1 fully saturated rings. The Balaban J connectivity index is 2.12. The zero-order valence-electron chi connectivity index (χ0n) is 7.81. The molecule has 1 saturated carbocycles. The maximum Gasteiger partial charge on any atom is 0.0577 e. The van der Waals surface area contributed by atoms with E-state index < -0.39 is 0 Å². The third-order valence-corrected chi connectivity index (χ3v) is 2.45. The Morgan fingerprint density at radius 2 is 2.18 bits per heavy atom. The molecule has 0 aromatic carbocycles. The van der Waals surface area contributed by atoms with Crippen molar-refractivity contribution in [2.24, 2.45) is 5.92 Å². The van der Waals surface area contributed by atoms with E-state index in [2.05, 4.69) is 13.8 Å². The summed E-state index contributed by atoms with van der Waals surface area (Å²) in [6, 6.07) is 0. The average Bonchev–Trinajstić information content (AvgIpc) is 2.01. The minimum absolute atomic E-state index is 0.582. The topological polar surface area (TPSA) is 9.23 Å². The van der Waals surface area contributed by atoms with Crippen molar-refractivity contribution in [1.29, 1.82) is 0 Å². The molecule has 0 radical (unpaired) electrons. The van der Waals surface area contributed by atoms with Gasteiger partial charge >= 0.3 is 0 Å². The number of hydrogen-bond donors (Lipinski definition) is 0. The first-order valence-corrected chi connectivity index (χ1v) is 4.94. The van der Waals surface area contributed by atoms with E-state index >= 15 is 0 Å². The molecule has 0 bridgehead atoms. The fourth-order valence-corrected chi connectivity index (χ4v) is 1.81. The van der Waals surface area contributed by atoms with Crippen LogP contribution >= 0.6 is 0 Å². The molecular formula is C10H20O. The van der Waals surface area contributed by atoms with Crippen LogP contribution in [-0.4, -0.2) is 12.7 Å². The first-order valence-electron chi connectivity index (χ1n) is 4.94. The van der Waals surface area contributed by atoms with Crippen LogP contribution in [0.1, 0.15) is 46.0 Å². The highest BCUT2D eigenvalue weighted by Gasteiger charge is 2.18. The molecule has 1 aliphatic rings. The second-order valence-corrected chi connectivity index (χ2v) is 3.76. The van der Waals surface area contributed by atoms with Crippen molar-refractivity contribution in [2.45, 2.75) is 52.1 Å². The fourth-order valence-electron chi connectivity index (χ4n) is 1.81. The van der Waals surface area contributed by atoms with Gasteiger partial charge in [-0.05, 0) is 25.2 Å². The normalized spacial score (nSPS) is 32.2. The summed E-state index contributed by atoms with van der Waals surface area (Å²) in [5, 5.41) is 0. The van der Waals surface area contributed by atoms with E-state index in [0.717, 1.165) is 18.9 Å². The van der Waals surface area contributed by atoms with Gasteiger partial charge in [0.25, 0.3) is 0 Å². The van der Waals surface area contributed by atoms with Crippen LogP contribution < -0.4 is 0 Å². The molecule has 0 aliphatic heterocycles. The zero-order chi connectivity index (χ0) is 8.10. The van der Waals surface area contributed by atoms with E-state index in [9.17, 15) is 0 Å². The molecule has 1 heteroatoms. The molecule has 0 aromatic rings. The van der Waals surface area contributed by atoms with E-state index in [0.29, 0.717) is 6.10 Å². The summed E-state index contributed by atoms with van der Waals surface area (Å²) < 4.78 is 5.70. The molecule has 1 unspecified atom stereocenters. The predicted octanol–water partition coefficient (Wildman–Crippen LogP) is 2.99. The van der Waals surface area contributed by atoms with Gasteiger partial charge in [0.15, 0.2) is 0 Å². The number of rotatable bonds is 3. The lowest BCUT2D eigenvalue weighted by molar-refractivity contribution is 0.0160. The summed E-state index contributed by atoms with van der Waals surface area (Å²) in [6.07, 6.45) is 7.11. The van der Waals surface area contributed by atoms with E-state index in [1.807, 2.05) is 0 Å². The maximum absolute atomic E-state index is 5.70. The highest BCUT2D eigenvalue weighted by Crippen LogP contribution is 2.25. The molecule has 0 saturated heterocycles. The number of ether oxygens (including phenoxy) is 1. The molecule has 0 spiro atoms. The van der Waals surface area contributed by atoms with Gasteiger partial charge in [-0.3, -0.25) is 0 Å². The summed E-state index contributed by atoms with van der Waals surface area (Å²) in [5.74, 6) is 0.894. The molecule has 11 heavy (non-hydrogen) atoms. The molecule has 0 aromatic heterocycles. The second-order valence-electron chi connectivity index (χ2n) is 3.76. The van der Waals surface area contributed by atoms with Crippen LogP contribution in [0, 0.1) is 5.92 Å². The lowest BCUT2D eigenvalue weighted by atomic mass is 9.89. The quantitative estimate of drug-likeness (QED) is 0.610. The Morgan fingerprint density at radius 3 is 2.82 bits per heavy atom. The lowest BCUT2D eigenvalue weighted by Gasteiger charge is -2.26. The zero-order valence-corrected chi connectivity index (χ0v) is 7.81. The van der Waals surface area contributed by atoms with Crippen molar-refractivity contribution in [3.63, 3.8) is 0 Å². The standard InChI is InChI=1S/C10H20O/c1-3-7-11-10-6-4-5-9(2)8-10/h9-10H,3-8H2,1-2H3/t9-,10?/m1/s1. The van der Waals surface area contributed by atoms with Crippen molar-refractivity contribution in [1.82, 2.24) is 0 Å². The molecule has 0 N–H and O–H groups in total. The van der Waals surface area contributed by atoms with Crippen molar-refractivity contribution in [3.05, 3.63) is 0 Å². The van der Waals surface area contributed by atoms with Crippen LogP contribution in [-0.2, 0) is 4.74 Å². The molecule has 2 atom stereocenters. The maximum atomic E-state index is 5.70. The lowest BCUT2D eigenvalue weighted by Crippen LogP contribution is -2.21. The van der Waals surface area contributed by atoms with Gasteiger partial charge in [-0.2, -0.15) is 0 Å². The average molecular weight is 156 g/mol. The van der Waals surface area contributed by atoms with Gasteiger partial charge in [0.1, 0.15) is 0 Å². The van der Waals surface area contributed by atoms with Crippen molar-refractivity contribution in [2.75, 3.05) is 6.61 Å². The van der Waals surface area contributed by atoms with Gasteiger partial charge in [0.2, 0.25) is 0 Å². The van der Waals surface area contributed by atoms with E-state index in [4.69, 9.17) is 4.74 Å². The van der Waals surface area contributed by atoms with Crippen LogP contribution in [0.4, 0.5) is 0 Å². The summed E-state index contributed by atoms with van der Waals surface area (Å²) in [7, 11) is 0. The smallest absolute Gasteiger partial charge is 0.0577 e. The van der Waals surface area contributed by atoms with Gasteiger partial charge in [-0.1, -0.05) is 26.7 Å². The van der Waals surface area contributed by atoms with Crippen LogP contribution in [0.5, 0.6) is 0 Å². The summed E-state index contributed by atoms with van der Waals surface area (Å²) >= 11 is 0. The molecule has 0 amide bonds. The summed E-state index contributed by atoms with van der Waals surface area (Å²) in [6.45, 7) is 5.46. The van der Waals surface area contributed by atoms with E-state index in [1.54, 1.807) is 0 Å². The van der Waals surface area contributed by atoms with Crippen molar-refractivity contribution < 1.29 is 4.74 Å². The van der Waals surface area contributed by atoms with Gasteiger partial charge < -0.3 is 4.74 Å². The second kappa shape index (κ2) is 4.76. The van der Waals surface area contributed by atoms with Gasteiger partial charge in [-0.15, -0.1) is 0 Å². The monoisotopic (exact) mass is 156 g/mol. The van der Waals surface area contributed by atoms with Crippen LogP contribution in [0.2, 0.25) is 0 Å². The van der Waals surface area contributed by atoms with Gasteiger partial charge in [0, 0.05) is 6.61 Å². The van der Waals surface area contributed by atoms with Gasteiger partial charge in [0.05, 0.1) is 6.10 Å². The van der Waals surface area contributed by atoms with Crippen LogP contribution in [0.25, 0.3) is 0 Å². The first-order chi connectivity index (χ1) is 5.33. The van der Waals surface area contributed by atoms with E-state index in [1.165, 1.54) is 25.7 Å². The van der Waals surface area contributed by atoms with Crippen LogP contribution in [0.3, 0.4) is 0 Å². The highest BCUT2D eigenvalue weighted by molar-refractivity contribution is 4.70. The van der Waals surface area contributed by atoms with E-state index in [-0.39, 0.29) is 0 Å². The minimum atomic E-state index is 0.582. The van der Waals surface area contributed by atoms with Crippen molar-refractivity contribution >= 4 is 0 Å². The Labute approximate surface area is 70.1 Å². The molecular weight excluding hydrogens is 136 g/mol. The third kappa shape index (κ3) is 3.24. The molecule has 1 nitrogen and oxygen atoms in total. The van der Waals surface area contributed by atoms with Crippen molar-refractivity contribution in [3.8, 4) is 0 Å². The summed E-state index contributed by atoms with van der Waals surface area (Å²) in [4.78, 5) is 0. The van der Waals surface area contributed by atoms with Gasteiger partial charge in [-0.25, -0.2) is 0 Å². The summed E-state index contributed by atoms with van der Waals surface area (Å²) in [5.41, 5.74) is 0. The largest absolute Gasteiger partial charge is 0.378 e. The molecule has 1 rings (SSSR count). The number of hydrogen-bond acceptors (Lipinski definition) is 1. The Hall–Kier alpha value is -0.0400. The SMILES string of the molecule is CCCOC1CCC[C@@H](C)C1. The Morgan fingerprint density at radius 1 is 1.36 bits per heavy atom. The molecule has 1 aliphatic carbocycles. The third-order valence-electron chi connectivity index (χ3n) is 2.45. The van der Waals surface area contributed by atoms with Crippen LogP contribution in [0.15, 0.2) is 0 Å². The fraction of sp³-hybridized carbons (Fsp3) is 1.00.